The largest absolute Gasteiger partial charge is 0.437 e. The first-order valence-corrected chi connectivity index (χ1v) is 8.27. The third-order valence-corrected chi connectivity index (χ3v) is 4.23. The number of fused-ring (bicyclic) bond motifs is 1. The molecule has 0 bridgehead atoms. The Morgan fingerprint density at radius 3 is 2.50 bits per heavy atom. The molecule has 4 aromatic rings. The first-order chi connectivity index (χ1) is 13.3. The van der Waals surface area contributed by atoms with Gasteiger partial charge in [0.1, 0.15) is 11.6 Å². The fourth-order valence-corrected chi connectivity index (χ4v) is 2.86. The van der Waals surface area contributed by atoms with E-state index in [0.29, 0.717) is 23.4 Å². The van der Waals surface area contributed by atoms with E-state index < -0.39 is 17.6 Å². The summed E-state index contributed by atoms with van der Waals surface area (Å²) in [5.74, 6) is 0.198. The first kappa shape index (κ1) is 18.0. The molecule has 2 heterocycles. The maximum Gasteiger partial charge on any atom is 0.417 e. The van der Waals surface area contributed by atoms with Crippen molar-refractivity contribution in [3.8, 4) is 22.8 Å². The summed E-state index contributed by atoms with van der Waals surface area (Å²) in [5.41, 5.74) is -0.468. The van der Waals surface area contributed by atoms with E-state index in [1.807, 2.05) is 18.2 Å². The molecule has 2 aromatic carbocycles. The Kier molecular flexibility index (Phi) is 4.26. The van der Waals surface area contributed by atoms with Crippen LogP contribution in [0.25, 0.3) is 16.9 Å². The Hall–Kier alpha value is -3.42. The SMILES string of the molecule is Cc1c(Oc2ccccc2)nc2ncc(-c3ccc(F)cc3C(F)(F)F)cn12. The Labute approximate surface area is 157 Å². The van der Waals surface area contributed by atoms with Crippen LogP contribution in [0, 0.1) is 12.7 Å². The molecule has 142 valence electrons. The van der Waals surface area contributed by atoms with Gasteiger partial charge < -0.3 is 4.74 Å². The van der Waals surface area contributed by atoms with E-state index in [4.69, 9.17) is 4.74 Å². The van der Waals surface area contributed by atoms with Crippen molar-refractivity contribution < 1.29 is 22.3 Å². The summed E-state index contributed by atoms with van der Waals surface area (Å²) < 4.78 is 60.6. The number of aromatic nitrogens is 3. The van der Waals surface area contributed by atoms with E-state index in [0.717, 1.165) is 12.1 Å². The summed E-state index contributed by atoms with van der Waals surface area (Å²) in [6.07, 6.45) is -1.94. The minimum absolute atomic E-state index is 0.165. The molecular formula is C20H13F4N3O. The normalized spacial score (nSPS) is 11.8. The van der Waals surface area contributed by atoms with Crippen molar-refractivity contribution in [3.63, 3.8) is 0 Å². The van der Waals surface area contributed by atoms with Gasteiger partial charge in [-0.1, -0.05) is 24.3 Å². The zero-order valence-corrected chi connectivity index (χ0v) is 14.5. The number of benzene rings is 2. The predicted molar refractivity (Wildman–Crippen MR) is 94.6 cm³/mol. The van der Waals surface area contributed by atoms with Crippen molar-refractivity contribution in [3.05, 3.63) is 78.0 Å². The van der Waals surface area contributed by atoms with E-state index in [9.17, 15) is 17.6 Å². The summed E-state index contributed by atoms with van der Waals surface area (Å²) in [5, 5.41) is 0. The molecule has 0 radical (unpaired) electrons. The van der Waals surface area contributed by atoms with Crippen LogP contribution >= 0.6 is 0 Å². The molecule has 28 heavy (non-hydrogen) atoms. The minimum Gasteiger partial charge on any atom is -0.437 e. The molecule has 4 rings (SSSR count). The maximum atomic E-state index is 13.4. The van der Waals surface area contributed by atoms with Gasteiger partial charge in [-0.2, -0.15) is 18.2 Å². The third kappa shape index (κ3) is 3.28. The van der Waals surface area contributed by atoms with Gasteiger partial charge in [0.15, 0.2) is 0 Å². The van der Waals surface area contributed by atoms with Crippen molar-refractivity contribution in [2.24, 2.45) is 0 Å². The van der Waals surface area contributed by atoms with Gasteiger partial charge >= 0.3 is 6.18 Å². The highest BCUT2D eigenvalue weighted by Crippen LogP contribution is 2.37. The van der Waals surface area contributed by atoms with E-state index in [-0.39, 0.29) is 16.9 Å². The maximum absolute atomic E-state index is 13.4. The lowest BCUT2D eigenvalue weighted by atomic mass is 10.0. The van der Waals surface area contributed by atoms with Crippen LogP contribution in [-0.2, 0) is 6.18 Å². The van der Waals surface area contributed by atoms with Gasteiger partial charge in [0.05, 0.1) is 11.3 Å². The summed E-state index contributed by atoms with van der Waals surface area (Å²) in [6.45, 7) is 1.72. The third-order valence-electron chi connectivity index (χ3n) is 4.23. The number of hydrogen-bond acceptors (Lipinski definition) is 3. The highest BCUT2D eigenvalue weighted by molar-refractivity contribution is 5.67. The number of aryl methyl sites for hydroxylation is 1. The van der Waals surface area contributed by atoms with Crippen LogP contribution in [0.4, 0.5) is 17.6 Å². The Morgan fingerprint density at radius 2 is 1.79 bits per heavy atom. The van der Waals surface area contributed by atoms with Crippen molar-refractivity contribution in [1.29, 1.82) is 0 Å². The molecule has 0 saturated heterocycles. The molecule has 0 aliphatic heterocycles. The van der Waals surface area contributed by atoms with Gasteiger partial charge in [-0.25, -0.2) is 9.37 Å². The molecule has 0 N–H and O–H groups in total. The molecule has 0 amide bonds. The minimum atomic E-state index is -4.70. The second-order valence-corrected chi connectivity index (χ2v) is 6.12. The van der Waals surface area contributed by atoms with Crippen LogP contribution in [-0.4, -0.2) is 14.4 Å². The molecule has 0 spiro atoms. The molecule has 0 aliphatic carbocycles. The zero-order valence-electron chi connectivity index (χ0n) is 14.5. The smallest absolute Gasteiger partial charge is 0.417 e. The van der Waals surface area contributed by atoms with Crippen LogP contribution in [0.1, 0.15) is 11.3 Å². The topological polar surface area (TPSA) is 39.4 Å². The molecule has 0 fully saturated rings. The fraction of sp³-hybridized carbons (Fsp3) is 0.100. The van der Waals surface area contributed by atoms with Crippen LogP contribution in [0.5, 0.6) is 11.6 Å². The number of ether oxygens (including phenoxy) is 1. The lowest BCUT2D eigenvalue weighted by Crippen LogP contribution is -2.08. The number of halogens is 4. The number of para-hydroxylation sites is 1. The van der Waals surface area contributed by atoms with Crippen molar-refractivity contribution in [1.82, 2.24) is 14.4 Å². The van der Waals surface area contributed by atoms with Gasteiger partial charge in [-0.3, -0.25) is 4.40 Å². The monoisotopic (exact) mass is 387 g/mol. The Bertz CT molecular complexity index is 1150. The number of nitrogens with zero attached hydrogens (tertiary/aromatic N) is 3. The summed E-state index contributed by atoms with van der Waals surface area (Å²) in [4.78, 5) is 8.41. The number of rotatable bonds is 3. The Balaban J connectivity index is 1.80. The van der Waals surface area contributed by atoms with Gasteiger partial charge in [0, 0.05) is 18.0 Å². The van der Waals surface area contributed by atoms with Crippen LogP contribution < -0.4 is 4.74 Å². The van der Waals surface area contributed by atoms with E-state index >= 15 is 0 Å². The molecule has 0 atom stereocenters. The number of imidazole rings is 1. The lowest BCUT2D eigenvalue weighted by molar-refractivity contribution is -0.137. The molecule has 8 heteroatoms. The average molecular weight is 387 g/mol. The summed E-state index contributed by atoms with van der Waals surface area (Å²) in [6, 6.07) is 11.5. The molecule has 0 aliphatic rings. The van der Waals surface area contributed by atoms with E-state index in [1.165, 1.54) is 16.8 Å². The van der Waals surface area contributed by atoms with Crippen molar-refractivity contribution in [2.45, 2.75) is 13.1 Å². The number of alkyl halides is 3. The summed E-state index contributed by atoms with van der Waals surface area (Å²) >= 11 is 0. The second kappa shape index (κ2) is 6.63. The Morgan fingerprint density at radius 1 is 1.04 bits per heavy atom. The predicted octanol–water partition coefficient (Wildman–Crippen LogP) is 5.65. The molecule has 4 nitrogen and oxygen atoms in total. The lowest BCUT2D eigenvalue weighted by Gasteiger charge is -2.13. The average Bonchev–Trinajstić information content (AvgIpc) is 2.97. The summed E-state index contributed by atoms with van der Waals surface area (Å²) in [7, 11) is 0. The van der Waals surface area contributed by atoms with Crippen LogP contribution in [0.15, 0.2) is 60.9 Å². The molecule has 0 unspecified atom stereocenters. The van der Waals surface area contributed by atoms with Crippen molar-refractivity contribution >= 4 is 5.78 Å². The quantitative estimate of drug-likeness (QED) is 0.426. The fourth-order valence-electron chi connectivity index (χ4n) is 2.86. The molecular weight excluding hydrogens is 374 g/mol. The number of hydrogen-bond donors (Lipinski definition) is 0. The van der Waals surface area contributed by atoms with Crippen LogP contribution in [0.3, 0.4) is 0 Å². The molecule has 0 saturated carbocycles. The standard InChI is InChI=1S/C20H13F4N3O/c1-12-18(28-15-5-3-2-4-6-15)26-19-25-10-13(11-27(12)19)16-8-7-14(21)9-17(16)20(22,23)24/h2-11H,1H3. The van der Waals surface area contributed by atoms with Crippen LogP contribution in [0.2, 0.25) is 0 Å². The van der Waals surface area contributed by atoms with Gasteiger partial charge in [0.2, 0.25) is 11.7 Å². The van der Waals surface area contributed by atoms with Gasteiger partial charge in [-0.15, -0.1) is 0 Å². The van der Waals surface area contributed by atoms with Gasteiger partial charge in [-0.05, 0) is 36.8 Å². The second-order valence-electron chi connectivity index (χ2n) is 6.12. The van der Waals surface area contributed by atoms with Gasteiger partial charge in [0.25, 0.3) is 0 Å². The highest BCUT2D eigenvalue weighted by atomic mass is 19.4. The van der Waals surface area contributed by atoms with E-state index in [2.05, 4.69) is 9.97 Å². The first-order valence-electron chi connectivity index (χ1n) is 8.27. The molecule has 2 aromatic heterocycles. The van der Waals surface area contributed by atoms with Crippen molar-refractivity contribution in [2.75, 3.05) is 0 Å². The zero-order chi connectivity index (χ0) is 19.9. The van der Waals surface area contributed by atoms with E-state index in [1.54, 1.807) is 19.1 Å². The highest BCUT2D eigenvalue weighted by Gasteiger charge is 2.34.